The summed E-state index contributed by atoms with van der Waals surface area (Å²) in [6.45, 7) is 1.33. The van der Waals surface area contributed by atoms with Gasteiger partial charge in [-0.25, -0.2) is 4.98 Å². The monoisotopic (exact) mass is 271 g/mol. The molecule has 1 aliphatic heterocycles. The van der Waals surface area contributed by atoms with Crippen molar-refractivity contribution in [2.75, 3.05) is 13.1 Å². The van der Waals surface area contributed by atoms with Gasteiger partial charge in [-0.1, -0.05) is 12.1 Å². The number of nitrogens with zero attached hydrogens (tertiary/aromatic N) is 3. The summed E-state index contributed by atoms with van der Waals surface area (Å²) >= 11 is 0. The van der Waals surface area contributed by atoms with Gasteiger partial charge in [-0.2, -0.15) is 5.10 Å². The van der Waals surface area contributed by atoms with E-state index in [-0.39, 0.29) is 11.9 Å². The quantitative estimate of drug-likeness (QED) is 0.873. The number of carbonyl (C=O) groups is 1. The smallest absolute Gasteiger partial charge is 0.254 e. The third kappa shape index (κ3) is 2.30. The highest BCUT2D eigenvalue weighted by molar-refractivity contribution is 5.95. The van der Waals surface area contributed by atoms with E-state index in [2.05, 4.69) is 15.2 Å². The lowest BCUT2D eigenvalue weighted by molar-refractivity contribution is 0.0741. The first-order valence-corrected chi connectivity index (χ1v) is 6.76. The van der Waals surface area contributed by atoms with Gasteiger partial charge in [0.25, 0.3) is 5.91 Å². The number of likely N-dealkylation sites (tertiary alicyclic amines) is 1. The molecule has 1 aromatic heterocycles. The highest BCUT2D eigenvalue weighted by atomic mass is 16.2. The Morgan fingerprint density at radius 2 is 2.20 bits per heavy atom. The van der Waals surface area contributed by atoms with Gasteiger partial charge in [0, 0.05) is 30.3 Å². The number of carbonyl (C=O) groups excluding carboxylic acids is 1. The van der Waals surface area contributed by atoms with Crippen LogP contribution in [0.1, 0.15) is 23.2 Å². The molecule has 1 aromatic carbocycles. The number of hydrogen-bond acceptors (Lipinski definition) is 4. The van der Waals surface area contributed by atoms with E-state index in [4.69, 9.17) is 5.73 Å². The van der Waals surface area contributed by atoms with Crippen molar-refractivity contribution in [2.24, 2.45) is 5.73 Å². The zero-order valence-electron chi connectivity index (χ0n) is 11.1. The normalized spacial score (nSPS) is 18.4. The van der Waals surface area contributed by atoms with Gasteiger partial charge in [-0.15, -0.1) is 0 Å². The maximum absolute atomic E-state index is 12.4. The van der Waals surface area contributed by atoms with Crippen molar-refractivity contribution in [3.8, 4) is 11.4 Å². The molecule has 1 unspecified atom stereocenters. The van der Waals surface area contributed by atoms with Crippen LogP contribution in [0, 0.1) is 0 Å². The molecule has 3 rings (SSSR count). The van der Waals surface area contributed by atoms with Crippen molar-refractivity contribution in [2.45, 2.75) is 18.9 Å². The van der Waals surface area contributed by atoms with Crippen molar-refractivity contribution in [1.82, 2.24) is 20.1 Å². The molecule has 20 heavy (non-hydrogen) atoms. The van der Waals surface area contributed by atoms with E-state index in [9.17, 15) is 4.79 Å². The molecule has 6 heteroatoms. The number of nitrogens with two attached hydrogens (primary N) is 1. The third-order valence-corrected chi connectivity index (χ3v) is 3.73. The van der Waals surface area contributed by atoms with Crippen LogP contribution < -0.4 is 5.73 Å². The van der Waals surface area contributed by atoms with E-state index in [1.807, 2.05) is 29.2 Å². The lowest BCUT2D eigenvalue weighted by Gasteiger charge is -2.23. The molecular formula is C14H17N5O. The predicted molar refractivity (Wildman–Crippen MR) is 74.9 cm³/mol. The first-order valence-electron chi connectivity index (χ1n) is 6.76. The Morgan fingerprint density at radius 3 is 2.85 bits per heavy atom. The number of nitrogens with one attached hydrogen (secondary N) is 1. The molecule has 0 saturated carbocycles. The summed E-state index contributed by atoms with van der Waals surface area (Å²) in [6, 6.07) is 7.58. The van der Waals surface area contributed by atoms with Gasteiger partial charge in [-0.3, -0.25) is 9.89 Å². The summed E-state index contributed by atoms with van der Waals surface area (Å²) in [4.78, 5) is 18.4. The van der Waals surface area contributed by atoms with Crippen molar-refractivity contribution < 1.29 is 4.79 Å². The second-order valence-corrected chi connectivity index (χ2v) is 4.94. The van der Waals surface area contributed by atoms with Crippen LogP contribution in [0.4, 0.5) is 0 Å². The van der Waals surface area contributed by atoms with Crippen molar-refractivity contribution in [3.05, 3.63) is 36.2 Å². The van der Waals surface area contributed by atoms with E-state index < -0.39 is 0 Å². The summed E-state index contributed by atoms with van der Waals surface area (Å²) in [5.74, 6) is 0.757. The maximum atomic E-state index is 12.4. The van der Waals surface area contributed by atoms with Gasteiger partial charge < -0.3 is 10.6 Å². The molecule has 1 fully saturated rings. The van der Waals surface area contributed by atoms with Crippen molar-refractivity contribution in [1.29, 1.82) is 0 Å². The fourth-order valence-corrected chi connectivity index (χ4v) is 2.63. The van der Waals surface area contributed by atoms with E-state index in [1.165, 1.54) is 6.33 Å². The number of aromatic nitrogens is 3. The number of amides is 1. The maximum Gasteiger partial charge on any atom is 0.254 e. The Kier molecular flexibility index (Phi) is 3.47. The van der Waals surface area contributed by atoms with E-state index in [0.717, 1.165) is 24.9 Å². The number of hydrogen-bond donors (Lipinski definition) is 2. The number of rotatable bonds is 3. The number of aromatic amines is 1. The second kappa shape index (κ2) is 5.42. The first-order chi connectivity index (χ1) is 9.79. The Hall–Kier alpha value is -2.21. The molecule has 0 bridgehead atoms. The SMILES string of the molecule is NCC1CCCN1C(=O)c1ccc(-c2ncn[nH]2)cc1. The molecule has 1 aliphatic rings. The second-order valence-electron chi connectivity index (χ2n) is 4.94. The minimum atomic E-state index is 0.0575. The molecule has 2 heterocycles. The predicted octanol–water partition coefficient (Wildman–Crippen LogP) is 1.03. The van der Waals surface area contributed by atoms with E-state index in [1.54, 1.807) is 0 Å². The Balaban J connectivity index is 1.79. The molecule has 6 nitrogen and oxygen atoms in total. The molecular weight excluding hydrogens is 254 g/mol. The lowest BCUT2D eigenvalue weighted by Crippen LogP contribution is -2.39. The zero-order chi connectivity index (χ0) is 13.9. The lowest BCUT2D eigenvalue weighted by atomic mass is 10.1. The highest BCUT2D eigenvalue weighted by Gasteiger charge is 2.28. The fraction of sp³-hybridized carbons (Fsp3) is 0.357. The third-order valence-electron chi connectivity index (χ3n) is 3.73. The van der Waals surface area contributed by atoms with E-state index >= 15 is 0 Å². The average Bonchev–Trinajstić information content (AvgIpc) is 3.17. The molecule has 0 spiro atoms. The van der Waals surface area contributed by atoms with Crippen LogP contribution in [-0.4, -0.2) is 45.1 Å². The van der Waals surface area contributed by atoms with E-state index in [0.29, 0.717) is 17.9 Å². The zero-order valence-corrected chi connectivity index (χ0v) is 11.1. The van der Waals surface area contributed by atoms with Gasteiger partial charge in [0.1, 0.15) is 6.33 Å². The average molecular weight is 271 g/mol. The Labute approximate surface area is 117 Å². The van der Waals surface area contributed by atoms with Gasteiger partial charge in [0.2, 0.25) is 0 Å². The summed E-state index contributed by atoms with van der Waals surface area (Å²) in [5.41, 5.74) is 7.32. The van der Waals surface area contributed by atoms with Crippen molar-refractivity contribution >= 4 is 5.91 Å². The molecule has 1 amide bonds. The van der Waals surface area contributed by atoms with Crippen LogP contribution >= 0.6 is 0 Å². The molecule has 1 saturated heterocycles. The summed E-state index contributed by atoms with van der Waals surface area (Å²) < 4.78 is 0. The standard InChI is InChI=1S/C14H17N5O/c15-8-12-2-1-7-19(12)14(20)11-5-3-10(4-6-11)13-16-9-17-18-13/h3-6,9,12H,1-2,7-8,15H2,(H,16,17,18). The summed E-state index contributed by atoms with van der Waals surface area (Å²) in [6.07, 6.45) is 3.49. The molecule has 1 atom stereocenters. The van der Waals surface area contributed by atoms with Crippen LogP contribution in [-0.2, 0) is 0 Å². The van der Waals surface area contributed by atoms with Gasteiger partial charge in [0.15, 0.2) is 5.82 Å². The minimum Gasteiger partial charge on any atom is -0.334 e. The molecule has 0 radical (unpaired) electrons. The van der Waals surface area contributed by atoms with Gasteiger partial charge in [0.05, 0.1) is 0 Å². The summed E-state index contributed by atoms with van der Waals surface area (Å²) in [5, 5.41) is 6.62. The van der Waals surface area contributed by atoms with Crippen molar-refractivity contribution in [3.63, 3.8) is 0 Å². The Bertz CT molecular complexity index is 578. The van der Waals surface area contributed by atoms with Crippen LogP contribution in [0.2, 0.25) is 0 Å². The van der Waals surface area contributed by atoms with Crippen LogP contribution in [0.25, 0.3) is 11.4 Å². The number of benzene rings is 1. The molecule has 3 N–H and O–H groups in total. The topological polar surface area (TPSA) is 87.9 Å². The van der Waals surface area contributed by atoms with Gasteiger partial charge in [-0.05, 0) is 25.0 Å². The molecule has 0 aliphatic carbocycles. The van der Waals surface area contributed by atoms with Crippen LogP contribution in [0.15, 0.2) is 30.6 Å². The number of H-pyrrole nitrogens is 1. The summed E-state index contributed by atoms with van der Waals surface area (Å²) in [7, 11) is 0. The molecule has 104 valence electrons. The highest BCUT2D eigenvalue weighted by Crippen LogP contribution is 2.21. The first kappa shape index (κ1) is 12.8. The Morgan fingerprint density at radius 1 is 1.40 bits per heavy atom. The van der Waals surface area contributed by atoms with Crippen LogP contribution in [0.5, 0.6) is 0 Å². The van der Waals surface area contributed by atoms with Gasteiger partial charge >= 0.3 is 0 Å². The fourth-order valence-electron chi connectivity index (χ4n) is 2.63. The minimum absolute atomic E-state index is 0.0575. The van der Waals surface area contributed by atoms with Crippen LogP contribution in [0.3, 0.4) is 0 Å². The largest absolute Gasteiger partial charge is 0.334 e. The molecule has 2 aromatic rings.